The summed E-state index contributed by atoms with van der Waals surface area (Å²) in [6.07, 6.45) is 4.83. The molecule has 0 bridgehead atoms. The number of carbonyl (C=O) groups excluding carboxylic acids is 1. The van der Waals surface area contributed by atoms with Crippen LogP contribution in [0.4, 0.5) is 10.1 Å². The Kier molecular flexibility index (Phi) is 8.90. The molecule has 6 nitrogen and oxygen atoms in total. The Bertz CT molecular complexity index is 1330. The second-order valence-electron chi connectivity index (χ2n) is 13.5. The number of ether oxygens (including phenoxy) is 1. The number of carbonyl (C=O) groups is 1. The van der Waals surface area contributed by atoms with Gasteiger partial charge in [0.2, 0.25) is 0 Å². The van der Waals surface area contributed by atoms with Crippen molar-refractivity contribution in [3.05, 3.63) is 76.9 Å². The Morgan fingerprint density at radius 3 is 2.43 bits per heavy atom. The van der Waals surface area contributed by atoms with Crippen LogP contribution in [0.3, 0.4) is 0 Å². The molecular weight excluding hydrogens is 527 g/mol. The number of nitriles is 1. The smallest absolute Gasteiger partial charge is 0.306 e. The summed E-state index contributed by atoms with van der Waals surface area (Å²) < 4.78 is 20.3. The highest BCUT2D eigenvalue weighted by molar-refractivity contribution is 5.70. The van der Waals surface area contributed by atoms with E-state index < -0.39 is 11.1 Å². The van der Waals surface area contributed by atoms with Gasteiger partial charge in [-0.15, -0.1) is 0 Å². The Morgan fingerprint density at radius 1 is 1.10 bits per heavy atom. The van der Waals surface area contributed by atoms with Crippen LogP contribution in [0.15, 0.2) is 48.5 Å². The molecule has 2 heterocycles. The Labute approximate surface area is 250 Å². The van der Waals surface area contributed by atoms with Gasteiger partial charge < -0.3 is 19.4 Å². The molecule has 0 N–H and O–H groups in total. The Balaban J connectivity index is 1.26. The van der Waals surface area contributed by atoms with E-state index in [2.05, 4.69) is 20.7 Å². The van der Waals surface area contributed by atoms with Crippen molar-refractivity contribution in [1.82, 2.24) is 4.90 Å². The zero-order chi connectivity index (χ0) is 29.9. The highest BCUT2D eigenvalue weighted by Gasteiger charge is 2.58. The lowest BCUT2D eigenvalue weighted by Crippen LogP contribution is -2.53. The van der Waals surface area contributed by atoms with Crippen molar-refractivity contribution >= 4 is 11.7 Å². The minimum Gasteiger partial charge on any atom is -0.460 e. The number of rotatable bonds is 8. The van der Waals surface area contributed by atoms with Crippen LogP contribution >= 0.6 is 0 Å². The fourth-order valence-electron chi connectivity index (χ4n) is 7.75. The molecule has 2 aliphatic heterocycles. The van der Waals surface area contributed by atoms with Crippen molar-refractivity contribution in [3.63, 3.8) is 0 Å². The van der Waals surface area contributed by atoms with Crippen molar-refractivity contribution < 1.29 is 13.9 Å². The summed E-state index contributed by atoms with van der Waals surface area (Å²) in [5.74, 6) is 0.235. The van der Waals surface area contributed by atoms with Gasteiger partial charge in [0, 0.05) is 55.1 Å². The monoisotopic (exact) mass is 570 g/mol. The molecule has 1 aliphatic carbocycles. The largest absolute Gasteiger partial charge is 0.460 e. The van der Waals surface area contributed by atoms with Gasteiger partial charge in [0.25, 0.3) is 5.54 Å². The average molecular weight is 571 g/mol. The molecule has 0 amide bonds. The van der Waals surface area contributed by atoms with E-state index in [1.807, 2.05) is 51.1 Å². The van der Waals surface area contributed by atoms with Gasteiger partial charge in [-0.05, 0) is 102 Å². The molecule has 2 aromatic rings. The van der Waals surface area contributed by atoms with Crippen molar-refractivity contribution in [2.75, 3.05) is 37.6 Å². The van der Waals surface area contributed by atoms with Gasteiger partial charge in [0.05, 0.1) is 11.6 Å². The fourth-order valence-corrected chi connectivity index (χ4v) is 7.75. The third-order valence-corrected chi connectivity index (χ3v) is 9.59. The number of esters is 1. The van der Waals surface area contributed by atoms with Gasteiger partial charge in [-0.1, -0.05) is 18.6 Å². The first-order chi connectivity index (χ1) is 20.1. The van der Waals surface area contributed by atoms with Crippen LogP contribution in [-0.2, 0) is 15.1 Å². The fraction of sp³-hybridized carbons (Fsp3) is 0.571. The lowest BCUT2D eigenvalue weighted by molar-refractivity contribution is -0.156. The van der Waals surface area contributed by atoms with Gasteiger partial charge in [0.15, 0.2) is 0 Å². The topological polar surface area (TPSA) is 60.9 Å². The molecule has 7 heteroatoms. The van der Waals surface area contributed by atoms with E-state index in [4.69, 9.17) is 16.6 Å². The lowest BCUT2D eigenvalue weighted by atomic mass is 9.63. The summed E-state index contributed by atoms with van der Waals surface area (Å²) in [5, 5.41) is 9.05. The molecule has 2 aromatic carbocycles. The van der Waals surface area contributed by atoms with Crippen molar-refractivity contribution in [1.29, 1.82) is 5.26 Å². The molecule has 0 unspecified atom stereocenters. The molecule has 3 fully saturated rings. The summed E-state index contributed by atoms with van der Waals surface area (Å²) in [7, 11) is 0. The Hall–Kier alpha value is -3.42. The van der Waals surface area contributed by atoms with Crippen molar-refractivity contribution in [3.8, 4) is 6.07 Å². The third-order valence-electron chi connectivity index (χ3n) is 9.59. The summed E-state index contributed by atoms with van der Waals surface area (Å²) in [5.41, 5.74) is 1.23. The summed E-state index contributed by atoms with van der Waals surface area (Å²) in [6.45, 7) is 19.2. The predicted octanol–water partition coefficient (Wildman–Crippen LogP) is 6.81. The van der Waals surface area contributed by atoms with Crippen molar-refractivity contribution in [2.24, 2.45) is 23.7 Å². The number of halogens is 1. The van der Waals surface area contributed by atoms with Crippen LogP contribution in [-0.4, -0.2) is 49.2 Å². The second-order valence-corrected chi connectivity index (χ2v) is 13.5. The number of nitrogens with zero attached hydrogens (tertiary/aromatic N) is 4. The third kappa shape index (κ3) is 6.47. The first-order valence-electron chi connectivity index (χ1n) is 15.4. The van der Waals surface area contributed by atoms with Gasteiger partial charge in [-0.25, -0.2) is 11.0 Å². The predicted molar refractivity (Wildman–Crippen MR) is 162 cm³/mol. The van der Waals surface area contributed by atoms with E-state index >= 15 is 0 Å². The maximum absolute atomic E-state index is 14.6. The lowest BCUT2D eigenvalue weighted by Gasteiger charge is -2.46. The zero-order valence-electron chi connectivity index (χ0n) is 25.2. The minimum absolute atomic E-state index is 0.00604. The van der Waals surface area contributed by atoms with E-state index in [9.17, 15) is 9.18 Å². The number of likely N-dealkylation sites (tertiary alicyclic amines) is 1. The maximum atomic E-state index is 14.6. The summed E-state index contributed by atoms with van der Waals surface area (Å²) in [6, 6.07) is 16.7. The standard InChI is InChI=1S/C35H43FN4O2/c1-34(2,3)42-33(41)19-27-7-5-10-32(27)35(38-4,29-8-6-9-30(36)20-29)28-15-17-39(18-16-28)22-26-23-40(24-26)31-13-11-25(21-37)12-14-31/h6,8-9,11-14,20,26-28,32H,5,7,10,15-19,22-24H2,1-3H3/t27-,32+,35-/m1/s1. The summed E-state index contributed by atoms with van der Waals surface area (Å²) in [4.78, 5) is 22.2. The molecular formula is C35H43FN4O2. The molecule has 222 valence electrons. The first kappa shape index (κ1) is 30.1. The van der Waals surface area contributed by atoms with Crippen LogP contribution in [0, 0.1) is 47.4 Å². The minimum atomic E-state index is -0.847. The molecule has 3 aliphatic rings. The molecule has 2 saturated heterocycles. The molecule has 5 rings (SSSR count). The Morgan fingerprint density at radius 2 is 1.81 bits per heavy atom. The number of hydrogen-bond donors (Lipinski definition) is 0. The normalized spacial score (nSPS) is 23.4. The molecule has 0 spiro atoms. The zero-order valence-corrected chi connectivity index (χ0v) is 25.2. The molecule has 42 heavy (non-hydrogen) atoms. The van der Waals surface area contributed by atoms with E-state index in [1.165, 1.54) is 11.8 Å². The molecule has 3 atom stereocenters. The SMILES string of the molecule is [C-]#[N+][C@@](c1cccc(F)c1)(C1CCN(CC2CN(c3ccc(C#N)cc3)C2)CC1)[C@H]1CCC[C@@H]1CC(=O)OC(C)(C)C. The van der Waals surface area contributed by atoms with Crippen LogP contribution < -0.4 is 4.90 Å². The number of piperidine rings is 1. The number of hydrogen-bond acceptors (Lipinski definition) is 5. The van der Waals surface area contributed by atoms with E-state index in [0.29, 0.717) is 17.9 Å². The van der Waals surface area contributed by atoms with Gasteiger partial charge >= 0.3 is 5.97 Å². The maximum Gasteiger partial charge on any atom is 0.306 e. The van der Waals surface area contributed by atoms with E-state index in [-0.39, 0.29) is 29.5 Å². The molecule has 1 saturated carbocycles. The van der Waals surface area contributed by atoms with Crippen LogP contribution in [0.2, 0.25) is 0 Å². The average Bonchev–Trinajstić information content (AvgIpc) is 3.39. The highest BCUT2D eigenvalue weighted by Crippen LogP contribution is 2.54. The summed E-state index contributed by atoms with van der Waals surface area (Å²) >= 11 is 0. The van der Waals surface area contributed by atoms with E-state index in [0.717, 1.165) is 70.4 Å². The quantitative estimate of drug-likeness (QED) is 0.258. The van der Waals surface area contributed by atoms with Crippen LogP contribution in [0.25, 0.3) is 4.85 Å². The van der Waals surface area contributed by atoms with Crippen LogP contribution in [0.5, 0.6) is 0 Å². The van der Waals surface area contributed by atoms with Crippen LogP contribution in [0.1, 0.15) is 70.4 Å². The van der Waals surface area contributed by atoms with Gasteiger partial charge in [-0.3, -0.25) is 4.79 Å². The van der Waals surface area contributed by atoms with Gasteiger partial charge in [-0.2, -0.15) is 5.26 Å². The highest BCUT2D eigenvalue weighted by atomic mass is 19.1. The van der Waals surface area contributed by atoms with Crippen molar-refractivity contribution in [2.45, 2.75) is 70.4 Å². The van der Waals surface area contributed by atoms with Gasteiger partial charge in [0.1, 0.15) is 11.4 Å². The first-order valence-corrected chi connectivity index (χ1v) is 15.4. The van der Waals surface area contributed by atoms with E-state index in [1.54, 1.807) is 12.1 Å². The molecule has 0 aromatic heterocycles. The number of anilines is 1. The molecule has 0 radical (unpaired) electrons. The number of benzene rings is 2. The second kappa shape index (κ2) is 12.4.